The first kappa shape index (κ1) is 21.3. The summed E-state index contributed by atoms with van der Waals surface area (Å²) in [5, 5.41) is 5.55. The van der Waals surface area contributed by atoms with Crippen LogP contribution in [0.15, 0.2) is 41.0 Å². The van der Waals surface area contributed by atoms with E-state index in [4.69, 9.17) is 4.42 Å². The zero-order chi connectivity index (χ0) is 20.7. The minimum atomic E-state index is -0.253. The number of nitrogens with zero attached hydrogens (tertiary/aromatic N) is 2. The molecule has 0 spiro atoms. The normalized spacial score (nSPS) is 11.6. The maximum atomic E-state index is 13.0. The molecule has 0 bridgehead atoms. The Hall–Kier alpha value is -2.96. The molecule has 0 saturated heterocycles. The minimum absolute atomic E-state index is 0.0348. The number of anilines is 2. The molecule has 2 aromatic rings. The molecule has 2 rings (SSSR count). The minimum Gasteiger partial charge on any atom is -0.459 e. The molecule has 2 N–H and O–H groups in total. The van der Waals surface area contributed by atoms with Gasteiger partial charge in [-0.1, -0.05) is 6.92 Å². The molecular weight excluding hydrogens is 356 g/mol. The second kappa shape index (κ2) is 9.82. The number of hydrogen-bond acceptors (Lipinski definition) is 4. The molecule has 1 aromatic heterocycles. The number of nitrogens with one attached hydrogen (secondary N) is 2. The number of carbonyl (C=O) groups excluding carboxylic acids is 2. The van der Waals surface area contributed by atoms with Crippen molar-refractivity contribution in [2.45, 2.75) is 39.8 Å². The van der Waals surface area contributed by atoms with Crippen LogP contribution in [-0.4, -0.2) is 43.5 Å². The van der Waals surface area contributed by atoms with Gasteiger partial charge in [-0.3, -0.25) is 4.79 Å². The van der Waals surface area contributed by atoms with E-state index in [9.17, 15) is 9.59 Å². The zero-order valence-corrected chi connectivity index (χ0v) is 17.3. The van der Waals surface area contributed by atoms with Crippen LogP contribution in [0.4, 0.5) is 16.2 Å². The van der Waals surface area contributed by atoms with E-state index in [1.165, 1.54) is 6.26 Å². The highest BCUT2D eigenvalue weighted by Crippen LogP contribution is 2.26. The van der Waals surface area contributed by atoms with E-state index >= 15 is 0 Å². The number of carbonyl (C=O) groups is 2. The molecule has 1 aromatic carbocycles. The van der Waals surface area contributed by atoms with Crippen LogP contribution in [0.3, 0.4) is 0 Å². The highest BCUT2D eigenvalue weighted by molar-refractivity contribution is 5.92. The third-order valence-corrected chi connectivity index (χ3v) is 4.61. The fraction of sp³-hybridized carbons (Fsp3) is 0.429. The third-order valence-electron chi connectivity index (χ3n) is 4.61. The summed E-state index contributed by atoms with van der Waals surface area (Å²) in [5.41, 5.74) is 2.61. The van der Waals surface area contributed by atoms with Crippen LogP contribution in [-0.2, 0) is 6.54 Å². The van der Waals surface area contributed by atoms with Gasteiger partial charge in [0.2, 0.25) is 0 Å². The summed E-state index contributed by atoms with van der Waals surface area (Å²) < 4.78 is 5.32. The molecule has 0 aliphatic carbocycles. The van der Waals surface area contributed by atoms with Gasteiger partial charge < -0.3 is 24.9 Å². The van der Waals surface area contributed by atoms with Crippen molar-refractivity contribution in [2.75, 3.05) is 30.9 Å². The van der Waals surface area contributed by atoms with E-state index < -0.39 is 0 Å². The average molecular weight is 386 g/mol. The van der Waals surface area contributed by atoms with Crippen molar-refractivity contribution in [2.24, 2.45) is 0 Å². The van der Waals surface area contributed by atoms with Crippen LogP contribution in [0.2, 0.25) is 0 Å². The third kappa shape index (κ3) is 5.28. The fourth-order valence-electron chi connectivity index (χ4n) is 2.94. The molecule has 1 heterocycles. The molecule has 28 heavy (non-hydrogen) atoms. The molecule has 7 heteroatoms. The molecule has 0 radical (unpaired) electrons. The average Bonchev–Trinajstić information content (AvgIpc) is 3.19. The van der Waals surface area contributed by atoms with Gasteiger partial charge in [-0.2, -0.15) is 0 Å². The highest BCUT2D eigenvalue weighted by Gasteiger charge is 2.24. The Morgan fingerprint density at radius 2 is 1.93 bits per heavy atom. The predicted octanol–water partition coefficient (Wildman–Crippen LogP) is 3.93. The predicted molar refractivity (Wildman–Crippen MR) is 112 cm³/mol. The van der Waals surface area contributed by atoms with Crippen molar-refractivity contribution >= 4 is 23.3 Å². The lowest BCUT2D eigenvalue weighted by molar-refractivity contribution is 0.0639. The van der Waals surface area contributed by atoms with Crippen LogP contribution in [0.25, 0.3) is 0 Å². The highest BCUT2D eigenvalue weighted by atomic mass is 16.3. The summed E-state index contributed by atoms with van der Waals surface area (Å²) in [6.07, 6.45) is 2.32. The maximum Gasteiger partial charge on any atom is 0.319 e. The molecule has 7 nitrogen and oxygen atoms in total. The summed E-state index contributed by atoms with van der Waals surface area (Å²) in [7, 11) is 3.91. The Morgan fingerprint density at radius 3 is 2.50 bits per heavy atom. The summed E-state index contributed by atoms with van der Waals surface area (Å²) in [6, 6.07) is 8.89. The fourth-order valence-corrected chi connectivity index (χ4v) is 2.94. The van der Waals surface area contributed by atoms with E-state index in [0.29, 0.717) is 24.5 Å². The molecule has 3 amide bonds. The van der Waals surface area contributed by atoms with E-state index in [2.05, 4.69) is 10.6 Å². The second-order valence-electron chi connectivity index (χ2n) is 6.89. The quantitative estimate of drug-likeness (QED) is 0.721. The molecule has 1 atom stereocenters. The largest absolute Gasteiger partial charge is 0.459 e. The second-order valence-corrected chi connectivity index (χ2v) is 6.89. The van der Waals surface area contributed by atoms with Crippen molar-refractivity contribution in [3.63, 3.8) is 0 Å². The van der Waals surface area contributed by atoms with Crippen molar-refractivity contribution in [3.05, 3.63) is 47.9 Å². The maximum absolute atomic E-state index is 13.0. The van der Waals surface area contributed by atoms with Gasteiger partial charge in [0.25, 0.3) is 5.91 Å². The first-order chi connectivity index (χ1) is 13.4. The topological polar surface area (TPSA) is 77.8 Å². The van der Waals surface area contributed by atoms with Crippen LogP contribution in [0.5, 0.6) is 0 Å². The lowest BCUT2D eigenvalue weighted by atomic mass is 10.1. The van der Waals surface area contributed by atoms with Crippen molar-refractivity contribution in [1.82, 2.24) is 10.2 Å². The van der Waals surface area contributed by atoms with Gasteiger partial charge in [-0.15, -0.1) is 0 Å². The van der Waals surface area contributed by atoms with Gasteiger partial charge in [0.1, 0.15) is 0 Å². The lowest BCUT2D eigenvalue weighted by Gasteiger charge is -2.30. The summed E-state index contributed by atoms with van der Waals surface area (Å²) in [6.45, 7) is 6.89. The van der Waals surface area contributed by atoms with Crippen LogP contribution in [0, 0.1) is 0 Å². The summed E-state index contributed by atoms with van der Waals surface area (Å²) in [4.78, 5) is 28.7. The molecule has 0 aliphatic rings. The smallest absolute Gasteiger partial charge is 0.319 e. The Kier molecular flexibility index (Phi) is 7.49. The van der Waals surface area contributed by atoms with Gasteiger partial charge in [0.15, 0.2) is 5.76 Å². The van der Waals surface area contributed by atoms with Gasteiger partial charge in [0.05, 0.1) is 6.26 Å². The summed E-state index contributed by atoms with van der Waals surface area (Å²) >= 11 is 0. The number of hydrogen-bond donors (Lipinski definition) is 2. The molecule has 0 saturated carbocycles. The number of urea groups is 1. The SMILES string of the molecule is CCNC(=O)Nc1ccc(N(C)C)c(CN(C(=O)c2ccco2)C(C)CC)c1. The van der Waals surface area contributed by atoms with Gasteiger partial charge >= 0.3 is 6.03 Å². The van der Waals surface area contributed by atoms with Gasteiger partial charge in [0, 0.05) is 44.6 Å². The van der Waals surface area contributed by atoms with Gasteiger partial charge in [-0.05, 0) is 56.2 Å². The van der Waals surface area contributed by atoms with Crippen molar-refractivity contribution in [1.29, 1.82) is 0 Å². The standard InChI is InChI=1S/C21H30N4O3/c1-6-15(3)25(20(26)19-9-8-12-28-19)14-16-13-17(23-21(27)22-7-2)10-11-18(16)24(4)5/h8-13,15H,6-7,14H2,1-5H3,(H2,22,23,27). The van der Waals surface area contributed by atoms with Crippen LogP contribution in [0.1, 0.15) is 43.3 Å². The molecule has 1 unspecified atom stereocenters. The molecule has 0 aliphatic heterocycles. The van der Waals surface area contributed by atoms with E-state index in [-0.39, 0.29) is 18.0 Å². The Bertz CT molecular complexity index is 787. The van der Waals surface area contributed by atoms with E-state index in [1.807, 2.05) is 58.0 Å². The first-order valence-electron chi connectivity index (χ1n) is 9.56. The first-order valence-corrected chi connectivity index (χ1v) is 9.56. The monoisotopic (exact) mass is 386 g/mol. The zero-order valence-electron chi connectivity index (χ0n) is 17.3. The van der Waals surface area contributed by atoms with E-state index in [0.717, 1.165) is 17.7 Å². The molecule has 152 valence electrons. The lowest BCUT2D eigenvalue weighted by Crippen LogP contribution is -2.38. The number of furan rings is 1. The van der Waals surface area contributed by atoms with Gasteiger partial charge in [-0.25, -0.2) is 4.79 Å². The van der Waals surface area contributed by atoms with Crippen molar-refractivity contribution in [3.8, 4) is 0 Å². The van der Waals surface area contributed by atoms with E-state index in [1.54, 1.807) is 17.0 Å². The Balaban J connectivity index is 2.35. The summed E-state index contributed by atoms with van der Waals surface area (Å²) in [5.74, 6) is 0.175. The number of rotatable bonds is 8. The number of amides is 3. The molecular formula is C21H30N4O3. The Labute approximate surface area is 166 Å². The molecule has 0 fully saturated rings. The van der Waals surface area contributed by atoms with Crippen LogP contribution >= 0.6 is 0 Å². The van der Waals surface area contributed by atoms with Crippen LogP contribution < -0.4 is 15.5 Å². The van der Waals surface area contributed by atoms with Crippen molar-refractivity contribution < 1.29 is 14.0 Å². The Morgan fingerprint density at radius 1 is 1.18 bits per heavy atom. The number of benzene rings is 1.